The predicted molar refractivity (Wildman–Crippen MR) is 117 cm³/mol. The van der Waals surface area contributed by atoms with E-state index in [4.69, 9.17) is 21.1 Å². The van der Waals surface area contributed by atoms with Gasteiger partial charge in [-0.3, -0.25) is 9.69 Å². The molecule has 172 valence electrons. The molecule has 7 heteroatoms. The monoisotopic (exact) mass is 442 g/mol. The Morgan fingerprint density at radius 1 is 0.967 bits per heavy atom. The van der Waals surface area contributed by atoms with Crippen molar-refractivity contribution in [1.82, 2.24) is 9.80 Å². The van der Waals surface area contributed by atoms with Crippen molar-refractivity contribution in [2.24, 2.45) is 11.8 Å². The molecule has 0 aromatic carbocycles. The van der Waals surface area contributed by atoms with Crippen LogP contribution in [0, 0.1) is 11.8 Å². The molecule has 4 rings (SSSR count). The first-order chi connectivity index (χ1) is 14.6. The van der Waals surface area contributed by atoms with Gasteiger partial charge in [0.1, 0.15) is 18.8 Å². The molecular weight excluding hydrogens is 402 g/mol. The Bertz CT molecular complexity index is 564. The SMILES string of the molecule is COC(=O)[C@@H]1CC2[NH2+]CN(CC3CCC(Cl)CC3)C2CN1CC1CCC(OC)CC1. The number of nitrogens with zero attached hydrogens (tertiary/aromatic N) is 2. The van der Waals surface area contributed by atoms with E-state index in [0.717, 1.165) is 44.9 Å². The number of hydrogen-bond acceptors (Lipinski definition) is 5. The first kappa shape index (κ1) is 22.8. The van der Waals surface area contributed by atoms with E-state index in [-0.39, 0.29) is 12.0 Å². The average molecular weight is 443 g/mol. The van der Waals surface area contributed by atoms with Gasteiger partial charge in [-0.25, -0.2) is 4.90 Å². The van der Waals surface area contributed by atoms with Gasteiger partial charge in [0.2, 0.25) is 0 Å². The number of esters is 1. The van der Waals surface area contributed by atoms with Gasteiger partial charge in [-0.05, 0) is 63.2 Å². The van der Waals surface area contributed by atoms with Crippen LogP contribution in [0.5, 0.6) is 0 Å². The van der Waals surface area contributed by atoms with Crippen LogP contribution in [-0.4, -0.2) is 85.9 Å². The maximum atomic E-state index is 12.6. The zero-order valence-corrected chi connectivity index (χ0v) is 19.6. The third-order valence-electron chi connectivity index (χ3n) is 8.33. The summed E-state index contributed by atoms with van der Waals surface area (Å²) < 4.78 is 10.8. The molecule has 0 aromatic heterocycles. The summed E-state index contributed by atoms with van der Waals surface area (Å²) in [5.41, 5.74) is 0. The fourth-order valence-electron chi connectivity index (χ4n) is 6.42. The fourth-order valence-corrected chi connectivity index (χ4v) is 6.68. The number of alkyl halides is 1. The molecule has 0 aromatic rings. The molecule has 3 atom stereocenters. The van der Waals surface area contributed by atoms with E-state index in [1.54, 1.807) is 0 Å². The Morgan fingerprint density at radius 2 is 1.60 bits per heavy atom. The Balaban J connectivity index is 1.37. The number of quaternary nitrogens is 1. The Hall–Kier alpha value is -0.400. The Labute approximate surface area is 187 Å². The van der Waals surface area contributed by atoms with Gasteiger partial charge in [-0.15, -0.1) is 11.6 Å². The van der Waals surface area contributed by atoms with Gasteiger partial charge in [0.05, 0.1) is 19.3 Å². The number of carbonyl (C=O) groups excluding carboxylic acids is 1. The molecule has 4 aliphatic rings. The summed E-state index contributed by atoms with van der Waals surface area (Å²) in [7, 11) is 3.36. The zero-order valence-electron chi connectivity index (χ0n) is 18.8. The van der Waals surface area contributed by atoms with Crippen LogP contribution in [0.15, 0.2) is 0 Å². The molecule has 2 saturated carbocycles. The predicted octanol–water partition coefficient (Wildman–Crippen LogP) is 1.81. The van der Waals surface area contributed by atoms with Crippen LogP contribution in [0.2, 0.25) is 0 Å². The maximum absolute atomic E-state index is 12.6. The number of rotatable bonds is 6. The molecule has 2 aliphatic carbocycles. The van der Waals surface area contributed by atoms with Crippen molar-refractivity contribution in [1.29, 1.82) is 0 Å². The van der Waals surface area contributed by atoms with Crippen molar-refractivity contribution < 1.29 is 19.6 Å². The highest BCUT2D eigenvalue weighted by Crippen LogP contribution is 2.32. The van der Waals surface area contributed by atoms with Gasteiger partial charge >= 0.3 is 5.97 Å². The smallest absolute Gasteiger partial charge is 0.323 e. The molecule has 2 heterocycles. The molecule has 0 radical (unpaired) electrons. The molecule has 6 nitrogen and oxygen atoms in total. The van der Waals surface area contributed by atoms with Crippen molar-refractivity contribution in [2.45, 2.75) is 87.4 Å². The molecule has 2 aliphatic heterocycles. The van der Waals surface area contributed by atoms with Crippen molar-refractivity contribution in [3.8, 4) is 0 Å². The van der Waals surface area contributed by atoms with Gasteiger partial charge in [-0.2, -0.15) is 0 Å². The van der Waals surface area contributed by atoms with E-state index < -0.39 is 0 Å². The van der Waals surface area contributed by atoms with Crippen LogP contribution in [-0.2, 0) is 14.3 Å². The second-order valence-electron chi connectivity index (χ2n) is 10.1. The van der Waals surface area contributed by atoms with E-state index in [9.17, 15) is 4.79 Å². The van der Waals surface area contributed by atoms with Crippen molar-refractivity contribution in [3.05, 3.63) is 0 Å². The van der Waals surface area contributed by atoms with E-state index in [0.29, 0.717) is 29.5 Å². The molecule has 0 amide bonds. The Morgan fingerprint density at radius 3 is 2.23 bits per heavy atom. The highest BCUT2D eigenvalue weighted by atomic mass is 35.5. The molecule has 2 unspecified atom stereocenters. The molecule has 30 heavy (non-hydrogen) atoms. The van der Waals surface area contributed by atoms with Crippen LogP contribution >= 0.6 is 11.6 Å². The lowest BCUT2D eigenvalue weighted by Gasteiger charge is -2.43. The van der Waals surface area contributed by atoms with Gasteiger partial charge in [0, 0.05) is 38.5 Å². The highest BCUT2D eigenvalue weighted by molar-refractivity contribution is 6.20. The van der Waals surface area contributed by atoms with Gasteiger partial charge in [0.25, 0.3) is 0 Å². The summed E-state index contributed by atoms with van der Waals surface area (Å²) in [6.07, 6.45) is 10.9. The van der Waals surface area contributed by atoms with Crippen LogP contribution in [0.3, 0.4) is 0 Å². The second kappa shape index (κ2) is 10.5. The Kier molecular flexibility index (Phi) is 7.96. The second-order valence-corrected chi connectivity index (χ2v) is 10.8. The van der Waals surface area contributed by atoms with Crippen LogP contribution in [0.25, 0.3) is 0 Å². The summed E-state index contributed by atoms with van der Waals surface area (Å²) in [5, 5.41) is 2.85. The standard InChI is InChI=1S/C23H40ClN3O3/c1-29-19-9-5-17(6-10-19)12-26-14-22-20(11-21(26)23(28)30-2)25-15-27(22)13-16-3-7-18(24)8-4-16/h16-22,25H,3-15H2,1-2H3/p+1/t16?,17?,18?,19?,20?,21-,22?/m0/s1. The summed E-state index contributed by atoms with van der Waals surface area (Å²) >= 11 is 6.32. The van der Waals surface area contributed by atoms with E-state index in [2.05, 4.69) is 15.1 Å². The summed E-state index contributed by atoms with van der Waals surface area (Å²) in [6, 6.07) is 0.980. The summed E-state index contributed by atoms with van der Waals surface area (Å²) in [4.78, 5) is 17.8. The first-order valence-electron chi connectivity index (χ1n) is 12.1. The van der Waals surface area contributed by atoms with Gasteiger partial charge in [0.15, 0.2) is 0 Å². The number of nitrogens with two attached hydrogens (primary N) is 1. The number of fused-ring (bicyclic) bond motifs is 1. The number of methoxy groups -OCH3 is 2. The number of halogens is 1. The van der Waals surface area contributed by atoms with Crippen LogP contribution < -0.4 is 5.32 Å². The number of ether oxygens (including phenoxy) is 2. The van der Waals surface area contributed by atoms with Crippen LogP contribution in [0.4, 0.5) is 0 Å². The third-order valence-corrected chi connectivity index (χ3v) is 8.76. The summed E-state index contributed by atoms with van der Waals surface area (Å²) in [5.74, 6) is 1.40. The highest BCUT2D eigenvalue weighted by Gasteiger charge is 2.48. The molecular formula is C23H41ClN3O3+. The molecule has 4 fully saturated rings. The van der Waals surface area contributed by atoms with E-state index >= 15 is 0 Å². The lowest BCUT2D eigenvalue weighted by atomic mass is 9.85. The van der Waals surface area contributed by atoms with Gasteiger partial charge in [-0.1, -0.05) is 0 Å². The zero-order chi connectivity index (χ0) is 21.1. The quantitative estimate of drug-likeness (QED) is 0.502. The number of likely N-dealkylation sites (tertiary alicyclic amines) is 1. The number of carbonyl (C=O) groups is 1. The minimum atomic E-state index is -0.0840. The lowest BCUT2D eigenvalue weighted by molar-refractivity contribution is -0.678. The normalized spacial score (nSPS) is 40.8. The van der Waals surface area contributed by atoms with Crippen molar-refractivity contribution >= 4 is 17.6 Å². The minimum Gasteiger partial charge on any atom is -0.468 e. The lowest BCUT2D eigenvalue weighted by Crippen LogP contribution is -2.89. The molecule has 0 bridgehead atoms. The van der Waals surface area contributed by atoms with Gasteiger partial charge < -0.3 is 14.8 Å². The molecule has 0 spiro atoms. The molecule has 2 N–H and O–H groups in total. The molecule has 2 saturated heterocycles. The van der Waals surface area contributed by atoms with E-state index in [1.807, 2.05) is 7.11 Å². The van der Waals surface area contributed by atoms with Crippen molar-refractivity contribution in [2.75, 3.05) is 40.5 Å². The topological polar surface area (TPSA) is 58.6 Å². The first-order valence-corrected chi connectivity index (χ1v) is 12.6. The summed E-state index contributed by atoms with van der Waals surface area (Å²) in [6.45, 7) is 4.27. The van der Waals surface area contributed by atoms with Crippen molar-refractivity contribution in [3.63, 3.8) is 0 Å². The van der Waals surface area contributed by atoms with E-state index in [1.165, 1.54) is 52.2 Å². The minimum absolute atomic E-state index is 0.0497. The maximum Gasteiger partial charge on any atom is 0.323 e. The van der Waals surface area contributed by atoms with Crippen LogP contribution in [0.1, 0.15) is 57.8 Å². The third kappa shape index (κ3) is 5.32. The average Bonchev–Trinajstić information content (AvgIpc) is 3.16. The fraction of sp³-hybridized carbons (Fsp3) is 0.957. The largest absolute Gasteiger partial charge is 0.468 e. The number of hydrogen-bond donors (Lipinski definition) is 1. The number of piperidine rings is 1.